The van der Waals surface area contributed by atoms with Gasteiger partial charge in [0.15, 0.2) is 17.3 Å². The van der Waals surface area contributed by atoms with Gasteiger partial charge in [-0.05, 0) is 43.2 Å². The van der Waals surface area contributed by atoms with Gasteiger partial charge in [0.1, 0.15) is 6.04 Å². The van der Waals surface area contributed by atoms with E-state index < -0.39 is 12.0 Å². The Hall–Kier alpha value is -3.35. The van der Waals surface area contributed by atoms with Crippen molar-refractivity contribution >= 4 is 17.4 Å². The molecule has 0 fully saturated rings. The highest BCUT2D eigenvalue weighted by atomic mass is 16.5. The number of carbonyl (C=O) groups is 2. The molecule has 7 nitrogen and oxygen atoms in total. The normalized spacial score (nSPS) is 17.4. The van der Waals surface area contributed by atoms with Crippen LogP contribution in [0.25, 0.3) is 5.70 Å². The van der Waals surface area contributed by atoms with E-state index in [1.54, 1.807) is 32.4 Å². The molecule has 0 bridgehead atoms. The van der Waals surface area contributed by atoms with E-state index in [9.17, 15) is 9.59 Å². The fraction of sp³-hybridized carbons (Fsp3) is 0.318. The van der Waals surface area contributed by atoms with Gasteiger partial charge in [0.05, 0.1) is 32.6 Å². The van der Waals surface area contributed by atoms with E-state index in [4.69, 9.17) is 14.2 Å². The molecule has 0 N–H and O–H groups in total. The quantitative estimate of drug-likeness (QED) is 0.738. The number of esters is 1. The summed E-state index contributed by atoms with van der Waals surface area (Å²) in [7, 11) is 4.51. The van der Waals surface area contributed by atoms with Crippen molar-refractivity contribution in [3.63, 3.8) is 0 Å². The molecule has 2 aromatic rings. The monoisotopic (exact) mass is 394 g/mol. The van der Waals surface area contributed by atoms with E-state index in [-0.39, 0.29) is 5.78 Å². The minimum Gasteiger partial charge on any atom is -0.493 e. The molecule has 3 heterocycles. The number of fused-ring (bicyclic) bond motifs is 3. The Balaban J connectivity index is 1.80. The minimum absolute atomic E-state index is 0.106. The Morgan fingerprint density at radius 2 is 1.86 bits per heavy atom. The van der Waals surface area contributed by atoms with Crippen LogP contribution in [0.3, 0.4) is 0 Å². The first-order chi connectivity index (χ1) is 14.0. The maximum Gasteiger partial charge on any atom is 0.339 e. The Kier molecular flexibility index (Phi) is 4.74. The largest absolute Gasteiger partial charge is 0.493 e. The molecule has 0 aliphatic carbocycles. The number of methoxy groups -OCH3 is 3. The van der Waals surface area contributed by atoms with E-state index in [1.807, 2.05) is 24.0 Å². The maximum atomic E-state index is 13.0. The van der Waals surface area contributed by atoms with Crippen LogP contribution in [0, 0.1) is 6.92 Å². The average Bonchev–Trinajstić information content (AvgIpc) is 3.08. The van der Waals surface area contributed by atoms with Gasteiger partial charge in [0.2, 0.25) is 0 Å². The Bertz CT molecular complexity index is 1040. The number of carbonyl (C=O) groups excluding carboxylic acids is 2. The highest BCUT2D eigenvalue weighted by Gasteiger charge is 2.41. The lowest BCUT2D eigenvalue weighted by Gasteiger charge is -2.34. The van der Waals surface area contributed by atoms with Crippen molar-refractivity contribution in [1.82, 2.24) is 9.88 Å². The summed E-state index contributed by atoms with van der Waals surface area (Å²) in [5.41, 5.74) is 4.29. The Labute approximate surface area is 168 Å². The summed E-state index contributed by atoms with van der Waals surface area (Å²) in [6.07, 6.45) is 2.36. The van der Waals surface area contributed by atoms with Crippen LogP contribution in [0.4, 0.5) is 0 Å². The van der Waals surface area contributed by atoms with Gasteiger partial charge in [-0.2, -0.15) is 0 Å². The van der Waals surface area contributed by atoms with Crippen LogP contribution in [0.1, 0.15) is 38.9 Å². The molecular weight excluding hydrogens is 372 g/mol. The van der Waals surface area contributed by atoms with Crippen LogP contribution in [0.15, 0.2) is 30.3 Å². The summed E-state index contributed by atoms with van der Waals surface area (Å²) in [5.74, 6) is 0.659. The summed E-state index contributed by atoms with van der Waals surface area (Å²) in [5, 5.41) is 0. The standard InChI is InChI=1S/C22H22N2O5/c1-12-5-6-14(22(26)29-4)20(23-12)21-17(25)11-16-15-10-19(28-3)18(27-2)9-13(15)7-8-24(16)21/h5-6,9-11,21H,7-8H2,1-4H3. The van der Waals surface area contributed by atoms with E-state index >= 15 is 0 Å². The maximum absolute atomic E-state index is 13.0. The van der Waals surface area contributed by atoms with E-state index in [1.165, 1.54) is 7.11 Å². The van der Waals surface area contributed by atoms with Gasteiger partial charge in [-0.25, -0.2) is 4.79 Å². The zero-order valence-corrected chi connectivity index (χ0v) is 16.8. The number of aromatic nitrogens is 1. The predicted molar refractivity (Wildman–Crippen MR) is 106 cm³/mol. The molecule has 7 heteroatoms. The van der Waals surface area contributed by atoms with Gasteiger partial charge in [-0.3, -0.25) is 9.78 Å². The molecule has 1 atom stereocenters. The number of aryl methyl sites for hydroxylation is 1. The third-order valence-electron chi connectivity index (χ3n) is 5.41. The third kappa shape index (κ3) is 3.03. The molecule has 0 spiro atoms. The molecule has 2 aliphatic rings. The summed E-state index contributed by atoms with van der Waals surface area (Å²) in [6.45, 7) is 2.46. The Morgan fingerprint density at radius 1 is 1.14 bits per heavy atom. The highest BCUT2D eigenvalue weighted by Crippen LogP contribution is 2.44. The van der Waals surface area contributed by atoms with Crippen LogP contribution in [0.5, 0.6) is 11.5 Å². The second kappa shape index (κ2) is 7.24. The van der Waals surface area contributed by atoms with Gasteiger partial charge < -0.3 is 19.1 Å². The topological polar surface area (TPSA) is 78.0 Å². The number of ketones is 1. The first kappa shape index (κ1) is 19.0. The molecule has 0 saturated carbocycles. The molecular formula is C22H22N2O5. The second-order valence-corrected chi connectivity index (χ2v) is 7.02. The molecule has 1 aromatic carbocycles. The molecule has 0 radical (unpaired) electrons. The molecule has 4 rings (SSSR count). The van der Waals surface area contributed by atoms with Crippen molar-refractivity contribution in [2.75, 3.05) is 27.9 Å². The van der Waals surface area contributed by atoms with Crippen molar-refractivity contribution < 1.29 is 23.8 Å². The van der Waals surface area contributed by atoms with E-state index in [0.29, 0.717) is 29.3 Å². The average molecular weight is 394 g/mol. The lowest BCUT2D eigenvalue weighted by molar-refractivity contribution is -0.117. The lowest BCUT2D eigenvalue weighted by atomic mass is 9.95. The van der Waals surface area contributed by atoms with Gasteiger partial charge in [-0.15, -0.1) is 0 Å². The number of nitrogens with zero attached hydrogens (tertiary/aromatic N) is 2. The number of pyridine rings is 1. The van der Waals surface area contributed by atoms with Crippen molar-refractivity contribution in [2.24, 2.45) is 0 Å². The SMILES string of the molecule is COC(=O)c1ccc(C)nc1C1C(=O)C=C2c3cc(OC)c(OC)cc3CCN21. The number of ether oxygens (including phenoxy) is 3. The zero-order valence-electron chi connectivity index (χ0n) is 16.8. The molecule has 1 unspecified atom stereocenters. The number of rotatable bonds is 4. The van der Waals surface area contributed by atoms with Crippen LogP contribution in [-0.2, 0) is 16.0 Å². The van der Waals surface area contributed by atoms with Gasteiger partial charge in [0.25, 0.3) is 0 Å². The van der Waals surface area contributed by atoms with E-state index in [0.717, 1.165) is 28.9 Å². The fourth-order valence-corrected chi connectivity index (χ4v) is 4.03. The highest BCUT2D eigenvalue weighted by molar-refractivity contribution is 6.07. The number of benzene rings is 1. The smallest absolute Gasteiger partial charge is 0.339 e. The van der Waals surface area contributed by atoms with Gasteiger partial charge in [0, 0.05) is 29.6 Å². The lowest BCUT2D eigenvalue weighted by Crippen LogP contribution is -2.33. The molecule has 1 aromatic heterocycles. The predicted octanol–water partition coefficient (Wildman–Crippen LogP) is 2.72. The number of hydrogen-bond acceptors (Lipinski definition) is 7. The summed E-state index contributed by atoms with van der Waals surface area (Å²) >= 11 is 0. The minimum atomic E-state index is -0.653. The zero-order chi connectivity index (χ0) is 20.7. The van der Waals surface area contributed by atoms with Crippen LogP contribution >= 0.6 is 0 Å². The summed E-state index contributed by atoms with van der Waals surface area (Å²) < 4.78 is 15.8. The van der Waals surface area contributed by atoms with Crippen LogP contribution in [0.2, 0.25) is 0 Å². The summed E-state index contributed by atoms with van der Waals surface area (Å²) in [4.78, 5) is 31.9. The van der Waals surface area contributed by atoms with Crippen LogP contribution in [-0.4, -0.2) is 49.5 Å². The molecule has 150 valence electrons. The van der Waals surface area contributed by atoms with Gasteiger partial charge in [-0.1, -0.05) is 0 Å². The van der Waals surface area contributed by atoms with Crippen LogP contribution < -0.4 is 9.47 Å². The van der Waals surface area contributed by atoms with Gasteiger partial charge >= 0.3 is 5.97 Å². The van der Waals surface area contributed by atoms with Crippen molar-refractivity contribution in [1.29, 1.82) is 0 Å². The molecule has 29 heavy (non-hydrogen) atoms. The van der Waals surface area contributed by atoms with Crippen molar-refractivity contribution in [2.45, 2.75) is 19.4 Å². The Morgan fingerprint density at radius 3 is 2.55 bits per heavy atom. The van der Waals surface area contributed by atoms with Crippen molar-refractivity contribution in [3.05, 3.63) is 58.4 Å². The van der Waals surface area contributed by atoms with E-state index in [2.05, 4.69) is 4.98 Å². The first-order valence-corrected chi connectivity index (χ1v) is 9.31. The first-order valence-electron chi connectivity index (χ1n) is 9.31. The molecule has 2 aliphatic heterocycles. The molecule has 0 saturated heterocycles. The second-order valence-electron chi connectivity index (χ2n) is 7.02. The third-order valence-corrected chi connectivity index (χ3v) is 5.41. The number of hydrogen-bond donors (Lipinski definition) is 0. The fourth-order valence-electron chi connectivity index (χ4n) is 4.03. The summed E-state index contributed by atoms with van der Waals surface area (Å²) in [6, 6.07) is 6.61. The van der Waals surface area contributed by atoms with Crippen molar-refractivity contribution in [3.8, 4) is 11.5 Å². The molecule has 0 amide bonds.